The summed E-state index contributed by atoms with van der Waals surface area (Å²) in [5, 5.41) is 17.5. The van der Waals surface area contributed by atoms with E-state index in [1.54, 1.807) is 4.68 Å². The standard InChI is InChI=1S/C23H27N7/c1-29(2)23(27-17-18-10-5-3-6-11-18)26-15-9-14-21-20(16-24)22(25)30(28-21)19-12-7-4-8-13-19/h3-8,10-13H,9,14-15,17,25H2,1-2H3,(H,26,27). The number of nitrogens with two attached hydrogens (primary N) is 1. The number of aromatic nitrogens is 2. The third-order valence-corrected chi connectivity index (χ3v) is 4.66. The van der Waals surface area contributed by atoms with Crippen molar-refractivity contribution in [2.75, 3.05) is 26.4 Å². The number of nitrogens with zero attached hydrogens (tertiary/aromatic N) is 5. The molecule has 0 atom stereocenters. The summed E-state index contributed by atoms with van der Waals surface area (Å²) < 4.78 is 1.63. The van der Waals surface area contributed by atoms with E-state index in [2.05, 4.69) is 33.6 Å². The van der Waals surface area contributed by atoms with Crippen LogP contribution in [0.25, 0.3) is 5.69 Å². The Hall–Kier alpha value is -3.79. The predicted molar refractivity (Wildman–Crippen MR) is 120 cm³/mol. The van der Waals surface area contributed by atoms with Gasteiger partial charge in [0.1, 0.15) is 17.5 Å². The highest BCUT2D eigenvalue weighted by molar-refractivity contribution is 5.79. The normalized spacial score (nSPS) is 11.2. The second kappa shape index (κ2) is 10.1. The van der Waals surface area contributed by atoms with Crippen molar-refractivity contribution in [2.45, 2.75) is 19.4 Å². The topological polar surface area (TPSA) is 95.3 Å². The van der Waals surface area contributed by atoms with Gasteiger partial charge in [-0.1, -0.05) is 48.5 Å². The third-order valence-electron chi connectivity index (χ3n) is 4.66. The molecule has 1 aromatic heterocycles. The lowest BCUT2D eigenvalue weighted by Gasteiger charge is -2.17. The Kier molecular flexibility index (Phi) is 7.06. The molecule has 0 aliphatic heterocycles. The highest BCUT2D eigenvalue weighted by Crippen LogP contribution is 2.21. The minimum atomic E-state index is 0.380. The molecule has 1 heterocycles. The number of nitrogen functional groups attached to an aromatic ring is 1. The lowest BCUT2D eigenvalue weighted by Crippen LogP contribution is -2.37. The Morgan fingerprint density at radius 1 is 1.13 bits per heavy atom. The molecule has 0 aliphatic rings. The van der Waals surface area contributed by atoms with Crippen molar-refractivity contribution in [2.24, 2.45) is 4.99 Å². The fourth-order valence-corrected chi connectivity index (χ4v) is 3.10. The largest absolute Gasteiger partial charge is 0.382 e. The van der Waals surface area contributed by atoms with Crippen LogP contribution in [0.15, 0.2) is 65.7 Å². The molecule has 3 rings (SSSR count). The van der Waals surface area contributed by atoms with E-state index >= 15 is 0 Å². The van der Waals surface area contributed by atoms with E-state index in [0.717, 1.165) is 24.6 Å². The van der Waals surface area contributed by atoms with Crippen LogP contribution in [0.4, 0.5) is 5.82 Å². The number of nitrogens with one attached hydrogen (secondary N) is 1. The van der Waals surface area contributed by atoms with Crippen molar-refractivity contribution in [1.29, 1.82) is 5.26 Å². The first-order valence-electron chi connectivity index (χ1n) is 9.92. The van der Waals surface area contributed by atoms with E-state index in [0.29, 0.717) is 30.0 Å². The second-order valence-electron chi connectivity index (χ2n) is 7.12. The molecule has 30 heavy (non-hydrogen) atoms. The molecule has 3 N–H and O–H groups in total. The maximum atomic E-state index is 9.53. The molecule has 0 radical (unpaired) electrons. The monoisotopic (exact) mass is 401 g/mol. The maximum absolute atomic E-state index is 9.53. The molecule has 0 spiro atoms. The van der Waals surface area contributed by atoms with Crippen LogP contribution in [0.1, 0.15) is 23.2 Å². The average Bonchev–Trinajstić information content (AvgIpc) is 3.09. The van der Waals surface area contributed by atoms with Gasteiger partial charge in [-0.2, -0.15) is 10.4 Å². The van der Waals surface area contributed by atoms with Crippen LogP contribution in [-0.2, 0) is 13.0 Å². The molecule has 7 heteroatoms. The number of nitriles is 1. The third kappa shape index (κ3) is 5.17. The number of rotatable bonds is 7. The molecule has 154 valence electrons. The Morgan fingerprint density at radius 2 is 1.80 bits per heavy atom. The van der Waals surface area contributed by atoms with Crippen LogP contribution in [0.5, 0.6) is 0 Å². The summed E-state index contributed by atoms with van der Waals surface area (Å²) in [4.78, 5) is 6.63. The van der Waals surface area contributed by atoms with Gasteiger partial charge in [0.2, 0.25) is 0 Å². The highest BCUT2D eigenvalue weighted by Gasteiger charge is 2.16. The summed E-state index contributed by atoms with van der Waals surface area (Å²) in [6, 6.07) is 22.0. The molecule has 0 fully saturated rings. The fraction of sp³-hybridized carbons (Fsp3) is 0.261. The Labute approximate surface area is 177 Å². The van der Waals surface area contributed by atoms with E-state index in [1.165, 1.54) is 5.56 Å². The minimum Gasteiger partial charge on any atom is -0.382 e. The first-order chi connectivity index (χ1) is 14.6. The highest BCUT2D eigenvalue weighted by atomic mass is 15.3. The molecular weight excluding hydrogens is 374 g/mol. The molecule has 0 amide bonds. The van der Waals surface area contributed by atoms with Crippen LogP contribution in [-0.4, -0.2) is 41.3 Å². The van der Waals surface area contributed by atoms with E-state index in [4.69, 9.17) is 5.73 Å². The lowest BCUT2D eigenvalue weighted by atomic mass is 10.1. The van der Waals surface area contributed by atoms with Crippen LogP contribution in [0.3, 0.4) is 0 Å². The minimum absolute atomic E-state index is 0.380. The summed E-state index contributed by atoms with van der Waals surface area (Å²) in [7, 11) is 3.93. The van der Waals surface area contributed by atoms with Gasteiger partial charge < -0.3 is 16.0 Å². The van der Waals surface area contributed by atoms with Crippen molar-refractivity contribution < 1.29 is 0 Å². The number of benzene rings is 2. The Morgan fingerprint density at radius 3 is 2.43 bits per heavy atom. The SMILES string of the molecule is CN(C)C(=NCc1ccccc1)NCCCc1nn(-c2ccccc2)c(N)c1C#N. The van der Waals surface area contributed by atoms with Crippen LogP contribution < -0.4 is 11.1 Å². The predicted octanol–water partition coefficient (Wildman–Crippen LogP) is 2.97. The van der Waals surface area contributed by atoms with Crippen molar-refractivity contribution in [1.82, 2.24) is 20.0 Å². The molecule has 0 bridgehead atoms. The van der Waals surface area contributed by atoms with Crippen molar-refractivity contribution in [3.8, 4) is 11.8 Å². The van der Waals surface area contributed by atoms with Gasteiger partial charge >= 0.3 is 0 Å². The van der Waals surface area contributed by atoms with Gasteiger partial charge in [-0.25, -0.2) is 9.67 Å². The van der Waals surface area contributed by atoms with Crippen molar-refractivity contribution >= 4 is 11.8 Å². The zero-order valence-corrected chi connectivity index (χ0v) is 17.4. The van der Waals surface area contributed by atoms with Gasteiger partial charge in [-0.05, 0) is 30.5 Å². The van der Waals surface area contributed by atoms with E-state index in [9.17, 15) is 5.26 Å². The summed E-state index contributed by atoms with van der Waals surface area (Å²) in [5.41, 5.74) is 9.35. The molecule has 2 aromatic carbocycles. The quantitative estimate of drug-likeness (QED) is 0.361. The fourth-order valence-electron chi connectivity index (χ4n) is 3.10. The smallest absolute Gasteiger partial charge is 0.193 e. The van der Waals surface area contributed by atoms with Crippen molar-refractivity contribution in [3.63, 3.8) is 0 Å². The van der Waals surface area contributed by atoms with Gasteiger partial charge in [0, 0.05) is 20.6 Å². The number of aryl methyl sites for hydroxylation is 1. The number of hydrogen-bond donors (Lipinski definition) is 2. The average molecular weight is 402 g/mol. The second-order valence-corrected chi connectivity index (χ2v) is 7.12. The molecule has 0 aliphatic carbocycles. The van der Waals surface area contributed by atoms with Crippen molar-refractivity contribution in [3.05, 3.63) is 77.5 Å². The van der Waals surface area contributed by atoms with E-state index in [-0.39, 0.29) is 0 Å². The molecule has 0 saturated heterocycles. The van der Waals surface area contributed by atoms with Gasteiger partial charge in [-0.15, -0.1) is 0 Å². The molecular formula is C23H27N7. The lowest BCUT2D eigenvalue weighted by molar-refractivity contribution is 0.573. The maximum Gasteiger partial charge on any atom is 0.193 e. The summed E-state index contributed by atoms with van der Waals surface area (Å²) in [6.45, 7) is 1.34. The first kappa shape index (κ1) is 20.9. The molecule has 3 aromatic rings. The summed E-state index contributed by atoms with van der Waals surface area (Å²) >= 11 is 0. The summed E-state index contributed by atoms with van der Waals surface area (Å²) in [5.74, 6) is 1.21. The van der Waals surface area contributed by atoms with Gasteiger partial charge in [0.05, 0.1) is 17.9 Å². The van der Waals surface area contributed by atoms with Gasteiger partial charge in [-0.3, -0.25) is 0 Å². The van der Waals surface area contributed by atoms with Gasteiger partial charge in [0.15, 0.2) is 5.96 Å². The number of anilines is 1. The number of aliphatic imine (C=N–C) groups is 1. The molecule has 7 nitrogen and oxygen atoms in total. The Balaban J connectivity index is 1.61. The van der Waals surface area contributed by atoms with Crippen LogP contribution in [0.2, 0.25) is 0 Å². The van der Waals surface area contributed by atoms with Crippen LogP contribution in [0, 0.1) is 11.3 Å². The van der Waals surface area contributed by atoms with Crippen LogP contribution >= 0.6 is 0 Å². The van der Waals surface area contributed by atoms with E-state index in [1.807, 2.05) is 67.5 Å². The first-order valence-corrected chi connectivity index (χ1v) is 9.92. The van der Waals surface area contributed by atoms with Gasteiger partial charge in [0.25, 0.3) is 0 Å². The number of para-hydroxylation sites is 1. The number of hydrogen-bond acceptors (Lipinski definition) is 4. The Bertz CT molecular complexity index is 1010. The molecule has 0 unspecified atom stereocenters. The number of guanidine groups is 1. The zero-order valence-electron chi connectivity index (χ0n) is 17.4. The zero-order chi connectivity index (χ0) is 21.3. The summed E-state index contributed by atoms with van der Waals surface area (Å²) in [6.07, 6.45) is 1.46. The van der Waals surface area contributed by atoms with E-state index < -0.39 is 0 Å². The molecule has 0 saturated carbocycles.